The van der Waals surface area contributed by atoms with Gasteiger partial charge in [-0.3, -0.25) is 4.79 Å². The molecule has 4 rings (SSSR count). The smallest absolute Gasteiger partial charge is 0.164 e. The summed E-state index contributed by atoms with van der Waals surface area (Å²) in [6, 6.07) is 11.8. The lowest BCUT2D eigenvalue weighted by molar-refractivity contribution is 0.101. The lowest BCUT2D eigenvalue weighted by Crippen LogP contribution is -2.01. The van der Waals surface area contributed by atoms with Gasteiger partial charge in [0.1, 0.15) is 5.75 Å². The van der Waals surface area contributed by atoms with Gasteiger partial charge < -0.3 is 10.2 Å². The summed E-state index contributed by atoms with van der Waals surface area (Å²) in [5.41, 5.74) is 5.58. The summed E-state index contributed by atoms with van der Waals surface area (Å²) in [7, 11) is 0. The summed E-state index contributed by atoms with van der Waals surface area (Å²) < 4.78 is 0.744. The second-order valence-corrected chi connectivity index (χ2v) is 8.60. The lowest BCUT2D eigenvalue weighted by Gasteiger charge is -2.10. The van der Waals surface area contributed by atoms with E-state index in [9.17, 15) is 15.0 Å². The van der Waals surface area contributed by atoms with Crippen molar-refractivity contribution in [2.75, 3.05) is 0 Å². The second kappa shape index (κ2) is 9.65. The minimum atomic E-state index is -0.129. The van der Waals surface area contributed by atoms with E-state index in [-0.39, 0.29) is 17.3 Å². The van der Waals surface area contributed by atoms with E-state index in [4.69, 9.17) is 0 Å². The summed E-state index contributed by atoms with van der Waals surface area (Å²) in [6.07, 6.45) is 1.34. The van der Waals surface area contributed by atoms with Crippen LogP contribution in [0.25, 0.3) is 21.8 Å². The zero-order valence-electron chi connectivity index (χ0n) is 19.0. The zero-order valence-corrected chi connectivity index (χ0v) is 20.5. The molecule has 0 saturated heterocycles. The molecule has 0 aliphatic carbocycles. The average molecular weight is 495 g/mol. The van der Waals surface area contributed by atoms with Crippen LogP contribution in [0.2, 0.25) is 0 Å². The van der Waals surface area contributed by atoms with Gasteiger partial charge in [-0.1, -0.05) is 37.1 Å². The number of hydrogen-bond donors (Lipinski definition) is 2. The van der Waals surface area contributed by atoms with Gasteiger partial charge >= 0.3 is 0 Å². The number of fused-ring (bicyclic) bond motifs is 2. The highest BCUT2D eigenvalue weighted by Crippen LogP contribution is 2.34. The molecule has 32 heavy (non-hydrogen) atoms. The van der Waals surface area contributed by atoms with E-state index in [1.165, 1.54) is 6.92 Å². The molecule has 6 heteroatoms. The van der Waals surface area contributed by atoms with Gasteiger partial charge in [0, 0.05) is 10.8 Å². The van der Waals surface area contributed by atoms with Gasteiger partial charge in [-0.2, -0.15) is 0 Å². The zero-order chi connectivity index (χ0) is 23.6. The van der Waals surface area contributed by atoms with Crippen molar-refractivity contribution in [2.24, 2.45) is 0 Å². The average Bonchev–Trinajstić information content (AvgIpc) is 2.76. The molecular formula is C26H27BrN2O3. The number of rotatable bonds is 3. The fraction of sp³-hybridized carbons (Fsp3) is 0.269. The van der Waals surface area contributed by atoms with E-state index in [1.54, 1.807) is 0 Å². The maximum absolute atomic E-state index is 11.7. The Morgan fingerprint density at radius 3 is 1.81 bits per heavy atom. The van der Waals surface area contributed by atoms with Crippen LogP contribution in [0.1, 0.15) is 53.6 Å². The van der Waals surface area contributed by atoms with Gasteiger partial charge in [0.25, 0.3) is 0 Å². The molecule has 0 amide bonds. The molecule has 2 aromatic heterocycles. The Morgan fingerprint density at radius 2 is 1.31 bits per heavy atom. The number of nitrogens with zero attached hydrogens (tertiary/aromatic N) is 2. The van der Waals surface area contributed by atoms with Crippen molar-refractivity contribution in [1.29, 1.82) is 0 Å². The number of benzene rings is 2. The van der Waals surface area contributed by atoms with Crippen LogP contribution in [0.15, 0.2) is 40.9 Å². The predicted octanol–water partition coefficient (Wildman–Crippen LogP) is 6.59. The Bertz CT molecular complexity index is 1330. The molecule has 0 saturated carbocycles. The summed E-state index contributed by atoms with van der Waals surface area (Å²) >= 11 is 3.42. The highest BCUT2D eigenvalue weighted by Gasteiger charge is 2.16. The standard InChI is InChI=1S/C14H15NO2.C12H12BrNO/c1-4-11-14(17)13(9(3)16)10-7-8(2)5-6-12(10)15-11;1-3-9-12(15)11(13)8-6-7(2)4-5-10(8)14-9/h5-7,17H,4H2,1-3H3;4-6,15H,3H2,1-2H3. The highest BCUT2D eigenvalue weighted by atomic mass is 79.9. The van der Waals surface area contributed by atoms with E-state index in [0.717, 1.165) is 49.5 Å². The van der Waals surface area contributed by atoms with Crippen molar-refractivity contribution in [2.45, 2.75) is 47.5 Å². The molecule has 5 nitrogen and oxygen atoms in total. The number of Topliss-reactive ketones (excluding diaryl/α,β-unsaturated/α-hetero) is 1. The Morgan fingerprint density at radius 1 is 0.844 bits per heavy atom. The van der Waals surface area contributed by atoms with Gasteiger partial charge in [-0.05, 0) is 73.8 Å². The Hall–Kier alpha value is -2.99. The third kappa shape index (κ3) is 4.60. The van der Waals surface area contributed by atoms with Gasteiger partial charge in [-0.15, -0.1) is 0 Å². The maximum atomic E-state index is 11.7. The van der Waals surface area contributed by atoms with Crippen LogP contribution in [-0.2, 0) is 12.8 Å². The molecule has 2 N–H and O–H groups in total. The number of ketones is 1. The van der Waals surface area contributed by atoms with Gasteiger partial charge in [-0.25, -0.2) is 9.97 Å². The second-order valence-electron chi connectivity index (χ2n) is 7.81. The number of hydrogen-bond acceptors (Lipinski definition) is 5. The number of carbonyl (C=O) groups excluding carboxylic acids is 1. The van der Waals surface area contributed by atoms with Crippen molar-refractivity contribution in [3.8, 4) is 11.5 Å². The molecule has 166 valence electrons. The molecule has 0 bridgehead atoms. The first kappa shape index (κ1) is 23.7. The van der Waals surface area contributed by atoms with Crippen LogP contribution in [0.3, 0.4) is 0 Å². The van der Waals surface area contributed by atoms with E-state index >= 15 is 0 Å². The molecular weight excluding hydrogens is 468 g/mol. The first-order valence-electron chi connectivity index (χ1n) is 10.6. The number of aromatic nitrogens is 2. The first-order chi connectivity index (χ1) is 15.2. The van der Waals surface area contributed by atoms with Crippen LogP contribution >= 0.6 is 15.9 Å². The minimum absolute atomic E-state index is 0.0260. The Balaban J connectivity index is 0.000000182. The number of aryl methyl sites for hydroxylation is 4. The Labute approximate surface area is 196 Å². The molecule has 0 fully saturated rings. The SMILES string of the molecule is CCc1nc2ccc(C)cc2c(Br)c1O.CCc1nc2ccc(C)cc2c(C(C)=O)c1O. The quantitative estimate of drug-likeness (QED) is 0.314. The fourth-order valence-electron chi connectivity index (χ4n) is 3.64. The molecule has 0 aliphatic heterocycles. The maximum Gasteiger partial charge on any atom is 0.164 e. The summed E-state index contributed by atoms with van der Waals surface area (Å²) in [4.78, 5) is 20.5. The fourth-order valence-corrected chi connectivity index (χ4v) is 4.19. The molecule has 2 aromatic carbocycles. The van der Waals surface area contributed by atoms with Gasteiger partial charge in [0.15, 0.2) is 11.5 Å². The van der Waals surface area contributed by atoms with Crippen molar-refractivity contribution in [3.63, 3.8) is 0 Å². The monoisotopic (exact) mass is 494 g/mol. The van der Waals surface area contributed by atoms with Crippen LogP contribution in [0.5, 0.6) is 11.5 Å². The van der Waals surface area contributed by atoms with Crippen LogP contribution in [0, 0.1) is 13.8 Å². The molecule has 4 aromatic rings. The largest absolute Gasteiger partial charge is 0.505 e. The number of pyridine rings is 2. The number of aromatic hydroxyl groups is 2. The topological polar surface area (TPSA) is 83.3 Å². The number of carbonyl (C=O) groups is 1. The van der Waals surface area contributed by atoms with Crippen molar-refractivity contribution in [3.05, 3.63) is 68.9 Å². The summed E-state index contributed by atoms with van der Waals surface area (Å²) in [5, 5.41) is 21.6. The van der Waals surface area contributed by atoms with Crippen LogP contribution in [-0.4, -0.2) is 26.0 Å². The van der Waals surface area contributed by atoms with E-state index in [2.05, 4.69) is 25.9 Å². The molecule has 0 radical (unpaired) electrons. The molecule has 2 heterocycles. The number of halogens is 1. The van der Waals surface area contributed by atoms with Crippen LogP contribution < -0.4 is 0 Å². The molecule has 0 spiro atoms. The molecule has 0 aliphatic rings. The minimum Gasteiger partial charge on any atom is -0.505 e. The van der Waals surface area contributed by atoms with Crippen molar-refractivity contribution >= 4 is 43.5 Å². The van der Waals surface area contributed by atoms with E-state index in [0.29, 0.717) is 17.7 Å². The highest BCUT2D eigenvalue weighted by molar-refractivity contribution is 9.10. The first-order valence-corrected chi connectivity index (χ1v) is 11.4. The van der Waals surface area contributed by atoms with Crippen molar-refractivity contribution < 1.29 is 15.0 Å². The third-order valence-corrected chi connectivity index (χ3v) is 6.14. The summed E-state index contributed by atoms with van der Waals surface area (Å²) in [5.74, 6) is 0.156. The predicted molar refractivity (Wildman–Crippen MR) is 133 cm³/mol. The van der Waals surface area contributed by atoms with Gasteiger partial charge in [0.05, 0.1) is 32.5 Å². The molecule has 0 atom stereocenters. The van der Waals surface area contributed by atoms with E-state index in [1.807, 2.05) is 64.1 Å². The normalized spacial score (nSPS) is 10.8. The Kier molecular flexibility index (Phi) is 7.14. The van der Waals surface area contributed by atoms with Crippen molar-refractivity contribution in [1.82, 2.24) is 9.97 Å². The van der Waals surface area contributed by atoms with E-state index < -0.39 is 0 Å². The third-order valence-electron chi connectivity index (χ3n) is 5.33. The summed E-state index contributed by atoms with van der Waals surface area (Å²) in [6.45, 7) is 9.33. The lowest BCUT2D eigenvalue weighted by atomic mass is 10.0. The van der Waals surface area contributed by atoms with Gasteiger partial charge in [0.2, 0.25) is 0 Å². The molecule has 0 unspecified atom stereocenters. The van der Waals surface area contributed by atoms with Crippen LogP contribution in [0.4, 0.5) is 0 Å².